The molecule has 0 radical (unpaired) electrons. The Morgan fingerprint density at radius 2 is 1.71 bits per heavy atom. The van der Waals surface area contributed by atoms with E-state index in [2.05, 4.69) is 56.9 Å². The molecular weight excluding hydrogens is 298 g/mol. The van der Waals surface area contributed by atoms with E-state index in [0.29, 0.717) is 19.1 Å². The van der Waals surface area contributed by atoms with Gasteiger partial charge in [0.15, 0.2) is 0 Å². The third-order valence-electron chi connectivity index (χ3n) is 5.05. The van der Waals surface area contributed by atoms with Crippen LogP contribution in [-0.2, 0) is 4.74 Å². The highest BCUT2D eigenvalue weighted by Gasteiger charge is 2.21. The fourth-order valence-electron chi connectivity index (χ4n) is 3.62. The van der Waals surface area contributed by atoms with Crippen LogP contribution in [0.3, 0.4) is 0 Å². The van der Waals surface area contributed by atoms with Crippen molar-refractivity contribution >= 4 is 0 Å². The van der Waals surface area contributed by atoms with Gasteiger partial charge in [-0.3, -0.25) is 0 Å². The molecule has 2 rings (SSSR count). The van der Waals surface area contributed by atoms with E-state index in [-0.39, 0.29) is 0 Å². The normalized spacial score (nSPS) is 23.2. The number of likely N-dealkylation sites (tertiary alicyclic amines) is 1. The van der Waals surface area contributed by atoms with E-state index in [1.807, 2.05) is 0 Å². The van der Waals surface area contributed by atoms with Crippen LogP contribution in [0.4, 0.5) is 0 Å². The lowest BCUT2D eigenvalue weighted by Gasteiger charge is -2.34. The monoisotopic (exact) mass is 333 g/mol. The highest BCUT2D eigenvalue weighted by molar-refractivity contribution is 5.29. The van der Waals surface area contributed by atoms with Gasteiger partial charge in [0, 0.05) is 19.6 Å². The molecule has 1 aromatic rings. The van der Waals surface area contributed by atoms with Crippen LogP contribution >= 0.6 is 0 Å². The first-order valence-corrected chi connectivity index (χ1v) is 9.61. The molecule has 136 valence electrons. The Kier molecular flexibility index (Phi) is 8.07. The molecule has 1 saturated heterocycles. The van der Waals surface area contributed by atoms with Crippen molar-refractivity contribution in [2.45, 2.75) is 46.5 Å². The summed E-state index contributed by atoms with van der Waals surface area (Å²) in [5, 5.41) is 0. The van der Waals surface area contributed by atoms with Gasteiger partial charge in [0.25, 0.3) is 0 Å². The minimum atomic E-state index is 0.614. The maximum atomic E-state index is 5.76. The fraction of sp³-hybridized carbons (Fsp3) is 0.714. The lowest BCUT2D eigenvalue weighted by molar-refractivity contribution is 0.0595. The van der Waals surface area contributed by atoms with Gasteiger partial charge in [0.2, 0.25) is 0 Å². The summed E-state index contributed by atoms with van der Waals surface area (Å²) in [6.45, 7) is 14.7. The molecule has 1 heterocycles. The Bertz CT molecular complexity index is 449. The van der Waals surface area contributed by atoms with Crippen molar-refractivity contribution in [3.63, 3.8) is 0 Å². The summed E-state index contributed by atoms with van der Waals surface area (Å²) in [5.41, 5.74) is 1.38. The van der Waals surface area contributed by atoms with Crippen LogP contribution in [0.5, 0.6) is 5.75 Å². The average Bonchev–Trinajstić information content (AvgIpc) is 2.57. The summed E-state index contributed by atoms with van der Waals surface area (Å²) < 4.78 is 11.5. The van der Waals surface area contributed by atoms with Gasteiger partial charge in [-0.1, -0.05) is 39.8 Å². The van der Waals surface area contributed by atoms with Gasteiger partial charge in [-0.05, 0) is 48.3 Å². The topological polar surface area (TPSA) is 21.7 Å². The van der Waals surface area contributed by atoms with E-state index in [0.717, 1.165) is 30.7 Å². The van der Waals surface area contributed by atoms with E-state index >= 15 is 0 Å². The first kappa shape index (κ1) is 19.3. The lowest BCUT2D eigenvalue weighted by atomic mass is 9.92. The molecule has 0 amide bonds. The predicted molar refractivity (Wildman–Crippen MR) is 101 cm³/mol. The summed E-state index contributed by atoms with van der Waals surface area (Å²) in [5.74, 6) is 3.18. The predicted octanol–water partition coefficient (Wildman–Crippen LogP) is 4.57. The molecule has 0 spiro atoms. The summed E-state index contributed by atoms with van der Waals surface area (Å²) >= 11 is 0. The molecule has 0 bridgehead atoms. The molecule has 1 aliphatic heterocycles. The number of nitrogens with zero attached hydrogens (tertiary/aromatic N) is 1. The minimum absolute atomic E-state index is 0.614. The van der Waals surface area contributed by atoms with Crippen molar-refractivity contribution in [3.05, 3.63) is 29.8 Å². The zero-order chi connectivity index (χ0) is 17.4. The summed E-state index contributed by atoms with van der Waals surface area (Å²) in [7, 11) is 0. The molecule has 1 aliphatic rings. The molecule has 0 N–H and O–H groups in total. The van der Waals surface area contributed by atoms with E-state index in [9.17, 15) is 0 Å². The minimum Gasteiger partial charge on any atom is -0.491 e. The molecule has 0 aromatic heterocycles. The zero-order valence-electron chi connectivity index (χ0n) is 16.0. The van der Waals surface area contributed by atoms with Crippen molar-refractivity contribution in [3.8, 4) is 5.75 Å². The van der Waals surface area contributed by atoms with Gasteiger partial charge in [-0.15, -0.1) is 0 Å². The van der Waals surface area contributed by atoms with E-state index < -0.39 is 0 Å². The molecular formula is C21H35NO2. The number of ether oxygens (including phenoxy) is 2. The fourth-order valence-corrected chi connectivity index (χ4v) is 3.62. The van der Waals surface area contributed by atoms with Crippen molar-refractivity contribution < 1.29 is 9.47 Å². The number of hydrogen-bond acceptors (Lipinski definition) is 3. The first-order valence-electron chi connectivity index (χ1n) is 9.61. The second kappa shape index (κ2) is 10.0. The number of hydrogen-bond donors (Lipinski definition) is 0. The van der Waals surface area contributed by atoms with Gasteiger partial charge in [0.1, 0.15) is 12.4 Å². The number of piperidine rings is 1. The Hall–Kier alpha value is -1.06. The quantitative estimate of drug-likeness (QED) is 0.618. The Morgan fingerprint density at radius 1 is 1.04 bits per heavy atom. The van der Waals surface area contributed by atoms with Gasteiger partial charge in [-0.2, -0.15) is 0 Å². The standard InChI is InChI=1S/C21H35NO2/c1-5-19(4)20-6-8-21(9-7-20)24-13-12-23-11-10-22-15-17(2)14-18(3)16-22/h6-9,17-19H,5,10-16H2,1-4H3/t17-,18-,19-/m1/s1. The molecule has 1 aromatic carbocycles. The highest BCUT2D eigenvalue weighted by atomic mass is 16.5. The maximum absolute atomic E-state index is 5.76. The van der Waals surface area contributed by atoms with Gasteiger partial charge in [-0.25, -0.2) is 0 Å². The van der Waals surface area contributed by atoms with Crippen LogP contribution in [0.1, 0.15) is 52.0 Å². The Morgan fingerprint density at radius 3 is 2.33 bits per heavy atom. The van der Waals surface area contributed by atoms with Crippen molar-refractivity contribution in [2.24, 2.45) is 11.8 Å². The van der Waals surface area contributed by atoms with Gasteiger partial charge < -0.3 is 14.4 Å². The molecule has 24 heavy (non-hydrogen) atoms. The van der Waals surface area contributed by atoms with Crippen molar-refractivity contribution in [1.29, 1.82) is 0 Å². The molecule has 3 heteroatoms. The third kappa shape index (κ3) is 6.45. The van der Waals surface area contributed by atoms with E-state index in [1.54, 1.807) is 0 Å². The maximum Gasteiger partial charge on any atom is 0.119 e. The number of benzene rings is 1. The first-order chi connectivity index (χ1) is 11.6. The van der Waals surface area contributed by atoms with Gasteiger partial charge >= 0.3 is 0 Å². The smallest absolute Gasteiger partial charge is 0.119 e. The second-order valence-corrected chi connectivity index (χ2v) is 7.54. The molecule has 0 unspecified atom stereocenters. The Labute approximate surface area is 148 Å². The van der Waals surface area contributed by atoms with E-state index in [4.69, 9.17) is 9.47 Å². The van der Waals surface area contributed by atoms with Crippen LogP contribution < -0.4 is 4.74 Å². The summed E-state index contributed by atoms with van der Waals surface area (Å²) in [6, 6.07) is 8.47. The highest BCUT2D eigenvalue weighted by Crippen LogP contribution is 2.22. The molecule has 0 aliphatic carbocycles. The molecule has 0 saturated carbocycles. The van der Waals surface area contributed by atoms with Crippen LogP contribution in [0.15, 0.2) is 24.3 Å². The van der Waals surface area contributed by atoms with Crippen LogP contribution in [0.2, 0.25) is 0 Å². The molecule has 1 fully saturated rings. The van der Waals surface area contributed by atoms with E-state index in [1.165, 1.54) is 31.5 Å². The zero-order valence-corrected chi connectivity index (χ0v) is 16.0. The van der Waals surface area contributed by atoms with Crippen molar-refractivity contribution in [2.75, 3.05) is 39.5 Å². The summed E-state index contributed by atoms with van der Waals surface area (Å²) in [4.78, 5) is 2.54. The van der Waals surface area contributed by atoms with Gasteiger partial charge in [0.05, 0.1) is 13.2 Å². The lowest BCUT2D eigenvalue weighted by Crippen LogP contribution is -2.40. The van der Waals surface area contributed by atoms with Crippen LogP contribution in [0.25, 0.3) is 0 Å². The SMILES string of the molecule is CC[C@@H](C)c1ccc(OCCOCCN2C[C@H](C)C[C@@H](C)C2)cc1. The number of rotatable bonds is 9. The third-order valence-corrected chi connectivity index (χ3v) is 5.05. The largest absolute Gasteiger partial charge is 0.491 e. The molecule has 3 atom stereocenters. The van der Waals surface area contributed by atoms with Crippen molar-refractivity contribution in [1.82, 2.24) is 4.90 Å². The molecule has 3 nitrogen and oxygen atoms in total. The van der Waals surface area contributed by atoms with Crippen LogP contribution in [0, 0.1) is 11.8 Å². The Balaban J connectivity index is 1.56. The van der Waals surface area contributed by atoms with Crippen LogP contribution in [-0.4, -0.2) is 44.4 Å². The summed E-state index contributed by atoms with van der Waals surface area (Å²) in [6.07, 6.45) is 2.53. The second-order valence-electron chi connectivity index (χ2n) is 7.54. The average molecular weight is 334 g/mol.